The van der Waals surface area contributed by atoms with Crippen LogP contribution in [0.1, 0.15) is 125 Å². The lowest BCUT2D eigenvalue weighted by Crippen LogP contribution is -2.37. The molecular formula is C105H118IN7O19. The number of carbonyl (C=O) groups excluding carboxylic acids is 1. The van der Waals surface area contributed by atoms with Crippen LogP contribution in [0.25, 0.3) is 76.8 Å². The molecule has 0 saturated carbocycles. The lowest BCUT2D eigenvalue weighted by molar-refractivity contribution is -0.116. The Hall–Kier alpha value is -12.9. The largest absolute Gasteiger partial charge is 0.508 e. The number of ketones is 1. The van der Waals surface area contributed by atoms with E-state index in [1.165, 1.54) is 31.2 Å². The number of fused-ring (bicyclic) bond motifs is 7. The third kappa shape index (κ3) is 25.8. The molecule has 7 aromatic heterocycles. The highest BCUT2D eigenvalue weighted by atomic mass is 127. The number of Topliss-reactive ketones (excluding diaryl/α,β-unsaturated/α-hetero) is 1. The van der Waals surface area contributed by atoms with Crippen LogP contribution < -0.4 is 69.4 Å². The number of nitrogen functional groups attached to an aromatic ring is 1. The maximum absolute atomic E-state index is 12.5. The summed E-state index contributed by atoms with van der Waals surface area (Å²) >= 11 is 2.04. The molecule has 9 heterocycles. The predicted octanol–water partition coefficient (Wildman–Crippen LogP) is 19.3. The predicted molar refractivity (Wildman–Crippen MR) is 536 cm³/mol. The number of aryl methyl sites for hydroxylation is 5. The number of rotatable bonds is 21. The van der Waals surface area contributed by atoms with Crippen molar-refractivity contribution in [3.63, 3.8) is 0 Å². The fourth-order valence-corrected chi connectivity index (χ4v) is 16.4. The van der Waals surface area contributed by atoms with Gasteiger partial charge < -0.3 is 75.6 Å². The number of morpholine rings is 2. The number of benzene rings is 8. The summed E-state index contributed by atoms with van der Waals surface area (Å²) in [5.74, 6) is 0.744. The molecule has 17 rings (SSSR count). The van der Waals surface area contributed by atoms with Crippen molar-refractivity contribution in [3.8, 4) is 11.5 Å². The average molecular weight is 1910 g/mol. The molecule has 694 valence electrons. The Kier molecular flexibility index (Phi) is 35.7. The Morgan fingerprint density at radius 2 is 0.803 bits per heavy atom. The van der Waals surface area contributed by atoms with Crippen LogP contribution in [0.2, 0.25) is 0 Å². The van der Waals surface area contributed by atoms with Crippen LogP contribution in [-0.2, 0) is 33.8 Å². The molecule has 1 atom stereocenters. The zero-order valence-electron chi connectivity index (χ0n) is 77.8. The number of nitrogens with zero attached hydrogens (tertiary/aromatic N) is 6. The number of halogens is 1. The zero-order chi connectivity index (χ0) is 95.0. The molecule has 26 nitrogen and oxygen atoms in total. The summed E-state index contributed by atoms with van der Waals surface area (Å²) in [5.41, 5.74) is 20.3. The molecule has 2 saturated heterocycles. The van der Waals surface area contributed by atoms with Crippen molar-refractivity contribution in [3.05, 3.63) is 315 Å². The van der Waals surface area contributed by atoms with Crippen molar-refractivity contribution in [2.24, 2.45) is 0 Å². The second-order valence-electron chi connectivity index (χ2n) is 32.0. The van der Waals surface area contributed by atoms with E-state index in [-0.39, 0.29) is 52.2 Å². The van der Waals surface area contributed by atoms with Crippen LogP contribution in [-0.4, -0.2) is 126 Å². The van der Waals surface area contributed by atoms with Gasteiger partial charge in [0.1, 0.15) is 66.0 Å². The van der Waals surface area contributed by atoms with Gasteiger partial charge in [0.25, 0.3) is 0 Å². The molecule has 1 unspecified atom stereocenters. The van der Waals surface area contributed by atoms with Crippen molar-refractivity contribution in [1.29, 1.82) is 0 Å². The maximum atomic E-state index is 12.5. The molecule has 8 aromatic carbocycles. The van der Waals surface area contributed by atoms with Gasteiger partial charge in [0.15, 0.2) is 0 Å². The zero-order valence-corrected chi connectivity index (χ0v) is 80.0. The number of phenols is 1. The Balaban J connectivity index is 0.000000150. The minimum absolute atomic E-state index is 0.0375. The number of hydrogen-bond acceptors (Lipinski definition) is 26. The smallest absolute Gasteiger partial charge is 0.350 e. The van der Waals surface area contributed by atoms with Gasteiger partial charge in [0.05, 0.1) is 32.0 Å². The fraction of sp³-hybridized carbons (Fsp3) is 0.333. The number of carbonyl (C=O) groups is 1. The first-order valence-electron chi connectivity index (χ1n) is 44.8. The standard InChI is InChI=1S/C19H26N2O3.C18H24N2O3.C17H21NO3.C17H14O3.C14H16INO2.C10H9NO2.C10H8O3/c1-4-21(5-2)15-6-7-16-14(3)17(19(22)24-18(16)12-15)13-20-8-10-23-11-9-20;1-3-20(4-2)15-5-6-16-14(11-18(21)23-17(16)12-15)13-19-7-9-22-10-8-19;1-5-18(6-2)13-7-8-14-12(4)15(9-11(3)19)17(20)21-16(14)10-13;1-12(13-5-3-2-4-6-13)19-15-9-7-14-8-10-17(18)20-16(14)11-15;1-4-16(5-2)10-6-7-11-9(3)13(15)14(17)18-12(11)8-10;2*1-6-4-10(12)13-9-5-7(11)2-3-8(6)9/h6-7,12H,4-5,8-11,13H2,1-3H3;5-6,11-12H,3-4,7-10,13H2,1-2H3;7-8,10H,5-6,9H2,1-4H3;2-12H,1H3;6-8H,4-5H2,1-3H3;2-5H,11H2,1H3;2-5,11H,1H3. The molecule has 2 fully saturated rings. The molecule has 0 radical (unpaired) electrons. The highest BCUT2D eigenvalue weighted by Crippen LogP contribution is 2.33. The van der Waals surface area contributed by atoms with E-state index in [1.807, 2.05) is 155 Å². The van der Waals surface area contributed by atoms with E-state index in [2.05, 4.69) is 115 Å². The third-order valence-corrected chi connectivity index (χ3v) is 24.7. The lowest BCUT2D eigenvalue weighted by Gasteiger charge is -2.27. The highest BCUT2D eigenvalue weighted by Gasteiger charge is 2.22. The van der Waals surface area contributed by atoms with E-state index in [4.69, 9.17) is 56.0 Å². The van der Waals surface area contributed by atoms with Crippen molar-refractivity contribution < 1.29 is 55.0 Å². The Morgan fingerprint density at radius 1 is 0.409 bits per heavy atom. The molecule has 2 aliphatic rings. The summed E-state index contributed by atoms with van der Waals surface area (Å²) in [6.45, 7) is 45.2. The van der Waals surface area contributed by atoms with Crippen LogP contribution in [0.5, 0.6) is 11.5 Å². The molecule has 0 amide bonds. The van der Waals surface area contributed by atoms with E-state index in [1.54, 1.807) is 42.5 Å². The van der Waals surface area contributed by atoms with Gasteiger partial charge in [-0.2, -0.15) is 0 Å². The second kappa shape index (κ2) is 47.2. The van der Waals surface area contributed by atoms with Gasteiger partial charge >= 0.3 is 39.4 Å². The van der Waals surface area contributed by atoms with E-state index in [0.717, 1.165) is 216 Å². The van der Waals surface area contributed by atoms with Crippen LogP contribution >= 0.6 is 22.6 Å². The fourth-order valence-electron chi connectivity index (χ4n) is 16.0. The van der Waals surface area contributed by atoms with Gasteiger partial charge in [-0.05, 0) is 256 Å². The summed E-state index contributed by atoms with van der Waals surface area (Å²) < 4.78 is 54.2. The molecule has 27 heteroatoms. The van der Waals surface area contributed by atoms with Crippen LogP contribution in [0.4, 0.5) is 28.4 Å². The first kappa shape index (κ1) is 99.6. The minimum Gasteiger partial charge on any atom is -0.508 e. The van der Waals surface area contributed by atoms with Gasteiger partial charge in [-0.25, -0.2) is 33.6 Å². The number of nitrogens with two attached hydrogens (primary N) is 1. The molecule has 0 spiro atoms. The van der Waals surface area contributed by atoms with E-state index < -0.39 is 11.3 Å². The van der Waals surface area contributed by atoms with Gasteiger partial charge in [0.2, 0.25) is 0 Å². The summed E-state index contributed by atoms with van der Waals surface area (Å²) in [6, 6.07) is 57.4. The van der Waals surface area contributed by atoms with Crippen molar-refractivity contribution in [2.75, 3.05) is 130 Å². The third-order valence-electron chi connectivity index (χ3n) is 23.4. The normalized spacial score (nSPS) is 12.8. The molecule has 0 aliphatic carbocycles. The average Bonchev–Trinajstić information content (AvgIpc) is 0.767. The summed E-state index contributed by atoms with van der Waals surface area (Å²) in [6.07, 6.45) is 0.0612. The summed E-state index contributed by atoms with van der Waals surface area (Å²) in [7, 11) is 0. The van der Waals surface area contributed by atoms with Gasteiger partial charge in [-0.15, -0.1) is 0 Å². The molecule has 3 N–H and O–H groups in total. The van der Waals surface area contributed by atoms with Crippen LogP contribution in [0.3, 0.4) is 0 Å². The van der Waals surface area contributed by atoms with E-state index in [9.17, 15) is 38.4 Å². The van der Waals surface area contributed by atoms with Crippen LogP contribution in [0.15, 0.2) is 253 Å². The second-order valence-corrected chi connectivity index (χ2v) is 33.1. The molecule has 2 aliphatic heterocycles. The quantitative estimate of drug-likeness (QED) is 0.0383. The van der Waals surface area contributed by atoms with Gasteiger partial charge in [0, 0.05) is 236 Å². The SMILES string of the molecule is CC(Oc1ccc2ccc(=O)oc2c1)c1ccccc1.CCN(CC)c1ccc2c(C)c(CC(C)=O)c(=O)oc2c1.CCN(CC)c1ccc2c(C)c(CN3CCOCC3)c(=O)oc2c1.CCN(CC)c1ccc2c(C)c(I)c(=O)oc2c1.CCN(CC)c1ccc2c(CN3CCOCC3)cc(=O)oc2c1.Cc1cc(=O)oc2cc(N)ccc12.Cc1cc(=O)oc2cc(O)ccc12. The van der Waals surface area contributed by atoms with Crippen molar-refractivity contribution >= 4 is 134 Å². The number of ether oxygens (including phenoxy) is 3. The maximum Gasteiger partial charge on any atom is 0.350 e. The molecule has 132 heavy (non-hydrogen) atoms. The van der Waals surface area contributed by atoms with E-state index >= 15 is 0 Å². The van der Waals surface area contributed by atoms with Crippen molar-refractivity contribution in [1.82, 2.24) is 9.80 Å². The number of anilines is 5. The molecular weight excluding hydrogens is 1790 g/mol. The van der Waals surface area contributed by atoms with Gasteiger partial charge in [-0.1, -0.05) is 30.3 Å². The Labute approximate surface area is 779 Å². The monoisotopic (exact) mass is 1910 g/mol. The topological polar surface area (TPSA) is 322 Å². The van der Waals surface area contributed by atoms with Crippen LogP contribution in [0, 0.1) is 38.2 Å². The molecule has 0 bridgehead atoms. The minimum atomic E-state index is -0.410. The number of hydrogen-bond donors (Lipinski definition) is 2. The summed E-state index contributed by atoms with van der Waals surface area (Å²) in [5, 5.41) is 15.7. The lowest BCUT2D eigenvalue weighted by atomic mass is 10.0. The highest BCUT2D eigenvalue weighted by molar-refractivity contribution is 14.1. The Bertz CT molecular complexity index is 6860. The summed E-state index contributed by atoms with van der Waals surface area (Å²) in [4.78, 5) is 106. The van der Waals surface area contributed by atoms with Crippen molar-refractivity contribution in [2.45, 2.75) is 129 Å². The Morgan fingerprint density at radius 3 is 1.29 bits per heavy atom. The molecule has 15 aromatic rings. The number of phenolic OH excluding ortho intramolecular Hbond substituents is 1. The number of aromatic hydroxyl groups is 1. The first-order valence-corrected chi connectivity index (χ1v) is 45.8. The van der Waals surface area contributed by atoms with Gasteiger partial charge in [-0.3, -0.25) is 14.6 Å². The van der Waals surface area contributed by atoms with E-state index in [0.29, 0.717) is 66.2 Å². The first-order chi connectivity index (χ1) is 63.4.